The number of benzene rings is 1. The van der Waals surface area contributed by atoms with Crippen LogP contribution >= 0.6 is 0 Å². The van der Waals surface area contributed by atoms with E-state index in [0.29, 0.717) is 12.1 Å². The number of nitrogens with one attached hydrogen (secondary N) is 1. The van der Waals surface area contributed by atoms with E-state index in [1.54, 1.807) is 5.56 Å². The first-order valence-electron chi connectivity index (χ1n) is 7.79. The van der Waals surface area contributed by atoms with Crippen molar-refractivity contribution >= 4 is 0 Å². The van der Waals surface area contributed by atoms with E-state index in [1.165, 1.54) is 37.8 Å². The quantitative estimate of drug-likeness (QED) is 0.816. The van der Waals surface area contributed by atoms with Gasteiger partial charge in [-0.25, -0.2) is 0 Å². The van der Waals surface area contributed by atoms with E-state index in [4.69, 9.17) is 0 Å². The van der Waals surface area contributed by atoms with Gasteiger partial charge in [-0.15, -0.1) is 0 Å². The predicted molar refractivity (Wildman–Crippen MR) is 82.5 cm³/mol. The number of likely N-dealkylation sites (N-methyl/N-ethyl adjacent to an activating group) is 2. The van der Waals surface area contributed by atoms with Gasteiger partial charge < -0.3 is 10.2 Å². The van der Waals surface area contributed by atoms with Crippen molar-refractivity contribution in [2.24, 2.45) is 0 Å². The van der Waals surface area contributed by atoms with Crippen LogP contribution in [0.25, 0.3) is 0 Å². The fourth-order valence-electron chi connectivity index (χ4n) is 3.40. The Morgan fingerprint density at radius 2 is 2.05 bits per heavy atom. The number of fused-ring (bicyclic) bond motifs is 1. The fraction of sp³-hybridized carbons (Fsp3) is 0.647. The summed E-state index contributed by atoms with van der Waals surface area (Å²) in [6.45, 7) is 6.71. The zero-order valence-corrected chi connectivity index (χ0v) is 12.7. The first-order chi connectivity index (χ1) is 9.27. The van der Waals surface area contributed by atoms with Crippen molar-refractivity contribution in [3.8, 4) is 0 Å². The summed E-state index contributed by atoms with van der Waals surface area (Å²) in [5, 5.41) is 3.73. The summed E-state index contributed by atoms with van der Waals surface area (Å²) in [6, 6.07) is 10.1. The molecule has 0 aromatic heterocycles. The molecule has 1 N–H and O–H groups in total. The van der Waals surface area contributed by atoms with Gasteiger partial charge in [-0.05, 0) is 56.9 Å². The second-order valence-electron chi connectivity index (χ2n) is 5.67. The van der Waals surface area contributed by atoms with Crippen molar-refractivity contribution in [3.05, 3.63) is 35.4 Å². The molecule has 2 heteroatoms. The Kier molecular flexibility index (Phi) is 5.41. The molecule has 2 atom stereocenters. The molecule has 0 aliphatic heterocycles. The van der Waals surface area contributed by atoms with Crippen LogP contribution in [0, 0.1) is 0 Å². The number of hydrogen-bond donors (Lipinski definition) is 1. The Hall–Kier alpha value is -0.860. The van der Waals surface area contributed by atoms with Gasteiger partial charge in [0.05, 0.1) is 0 Å². The van der Waals surface area contributed by atoms with E-state index < -0.39 is 0 Å². The second-order valence-corrected chi connectivity index (χ2v) is 5.67. The average molecular weight is 260 g/mol. The van der Waals surface area contributed by atoms with E-state index in [2.05, 4.69) is 55.4 Å². The van der Waals surface area contributed by atoms with Crippen LogP contribution in [0.3, 0.4) is 0 Å². The topological polar surface area (TPSA) is 15.3 Å². The molecule has 0 radical (unpaired) electrons. The van der Waals surface area contributed by atoms with Crippen LogP contribution in [0.5, 0.6) is 0 Å². The highest BCUT2D eigenvalue weighted by Gasteiger charge is 2.29. The Balaban J connectivity index is 2.29. The number of nitrogens with zero attached hydrogens (tertiary/aromatic N) is 1. The van der Waals surface area contributed by atoms with E-state index >= 15 is 0 Å². The maximum absolute atomic E-state index is 3.73. The third-order valence-corrected chi connectivity index (χ3v) is 4.29. The largest absolute Gasteiger partial charge is 0.309 e. The predicted octanol–water partition coefficient (Wildman–Crippen LogP) is 3.38. The molecule has 0 fully saturated rings. The normalized spacial score (nSPS) is 23.2. The monoisotopic (exact) mass is 260 g/mol. The number of aryl methyl sites for hydroxylation is 1. The Labute approximate surface area is 118 Å². The molecule has 1 aromatic carbocycles. The third-order valence-electron chi connectivity index (χ3n) is 4.29. The van der Waals surface area contributed by atoms with Crippen LogP contribution in [0.4, 0.5) is 0 Å². The van der Waals surface area contributed by atoms with Crippen LogP contribution in [-0.2, 0) is 6.42 Å². The zero-order chi connectivity index (χ0) is 13.7. The minimum absolute atomic E-state index is 0.486. The minimum Gasteiger partial charge on any atom is -0.309 e. The fourth-order valence-corrected chi connectivity index (χ4v) is 3.40. The lowest BCUT2D eigenvalue weighted by Gasteiger charge is -2.34. The molecule has 0 bridgehead atoms. The minimum atomic E-state index is 0.486. The Morgan fingerprint density at radius 3 is 2.79 bits per heavy atom. The molecule has 2 nitrogen and oxygen atoms in total. The summed E-state index contributed by atoms with van der Waals surface area (Å²) >= 11 is 0. The zero-order valence-electron chi connectivity index (χ0n) is 12.7. The number of rotatable bonds is 5. The number of hydrogen-bond acceptors (Lipinski definition) is 2. The molecule has 2 unspecified atom stereocenters. The van der Waals surface area contributed by atoms with Crippen molar-refractivity contribution in [3.63, 3.8) is 0 Å². The van der Waals surface area contributed by atoms with E-state index in [1.807, 2.05) is 0 Å². The lowest BCUT2D eigenvalue weighted by atomic mass is 9.95. The van der Waals surface area contributed by atoms with Crippen molar-refractivity contribution in [2.75, 3.05) is 20.1 Å². The molecule has 0 saturated heterocycles. The van der Waals surface area contributed by atoms with E-state index in [9.17, 15) is 0 Å². The Bertz CT molecular complexity index is 389. The SMILES string of the molecule is CCCN(C)C1CCCc2ccccc2C1NCC. The summed E-state index contributed by atoms with van der Waals surface area (Å²) in [4.78, 5) is 2.55. The molecule has 0 heterocycles. The summed E-state index contributed by atoms with van der Waals surface area (Å²) < 4.78 is 0. The summed E-state index contributed by atoms with van der Waals surface area (Å²) in [5.41, 5.74) is 3.07. The molecule has 0 amide bonds. The van der Waals surface area contributed by atoms with Gasteiger partial charge in [-0.3, -0.25) is 0 Å². The highest BCUT2D eigenvalue weighted by Crippen LogP contribution is 2.31. The van der Waals surface area contributed by atoms with Gasteiger partial charge in [-0.1, -0.05) is 38.1 Å². The molecular weight excluding hydrogens is 232 g/mol. The van der Waals surface area contributed by atoms with Crippen LogP contribution in [0.2, 0.25) is 0 Å². The van der Waals surface area contributed by atoms with Crippen LogP contribution in [-0.4, -0.2) is 31.1 Å². The highest BCUT2D eigenvalue weighted by atomic mass is 15.2. The first-order valence-corrected chi connectivity index (χ1v) is 7.79. The molecule has 1 aromatic rings. The maximum atomic E-state index is 3.73. The molecule has 1 aliphatic carbocycles. The molecule has 19 heavy (non-hydrogen) atoms. The first kappa shape index (κ1) is 14.5. The highest BCUT2D eigenvalue weighted by molar-refractivity contribution is 5.32. The van der Waals surface area contributed by atoms with E-state index in [0.717, 1.165) is 6.54 Å². The van der Waals surface area contributed by atoms with Crippen LogP contribution < -0.4 is 5.32 Å². The molecule has 2 rings (SSSR count). The average Bonchev–Trinajstić information content (AvgIpc) is 2.60. The van der Waals surface area contributed by atoms with Crippen molar-refractivity contribution < 1.29 is 0 Å². The standard InChI is InChI=1S/C17H28N2/c1-4-13-19(3)16-12-8-10-14-9-6-7-11-15(14)17(16)18-5-2/h6-7,9,11,16-18H,4-5,8,10,12-13H2,1-3H3. The second kappa shape index (κ2) is 7.06. The Morgan fingerprint density at radius 1 is 1.26 bits per heavy atom. The lowest BCUT2D eigenvalue weighted by Crippen LogP contribution is -2.42. The molecule has 0 saturated carbocycles. The van der Waals surface area contributed by atoms with Crippen LogP contribution in [0.15, 0.2) is 24.3 Å². The van der Waals surface area contributed by atoms with Crippen LogP contribution in [0.1, 0.15) is 50.3 Å². The van der Waals surface area contributed by atoms with Gasteiger partial charge in [0.15, 0.2) is 0 Å². The molecular formula is C17H28N2. The smallest absolute Gasteiger partial charge is 0.0480 e. The van der Waals surface area contributed by atoms with Crippen molar-refractivity contribution in [1.29, 1.82) is 0 Å². The maximum Gasteiger partial charge on any atom is 0.0480 e. The molecule has 106 valence electrons. The van der Waals surface area contributed by atoms with E-state index in [-0.39, 0.29) is 0 Å². The van der Waals surface area contributed by atoms with Gasteiger partial charge in [-0.2, -0.15) is 0 Å². The van der Waals surface area contributed by atoms with Gasteiger partial charge in [0.1, 0.15) is 0 Å². The van der Waals surface area contributed by atoms with Gasteiger partial charge in [0, 0.05) is 12.1 Å². The summed E-state index contributed by atoms with van der Waals surface area (Å²) in [6.07, 6.45) is 5.06. The van der Waals surface area contributed by atoms with Gasteiger partial charge in [0.25, 0.3) is 0 Å². The molecule has 0 spiro atoms. The summed E-state index contributed by atoms with van der Waals surface area (Å²) in [5.74, 6) is 0. The van der Waals surface area contributed by atoms with Crippen molar-refractivity contribution in [1.82, 2.24) is 10.2 Å². The van der Waals surface area contributed by atoms with Gasteiger partial charge in [0.2, 0.25) is 0 Å². The summed E-state index contributed by atoms with van der Waals surface area (Å²) in [7, 11) is 2.28. The molecule has 1 aliphatic rings. The van der Waals surface area contributed by atoms with Crippen molar-refractivity contribution in [2.45, 2.75) is 51.6 Å². The third kappa shape index (κ3) is 3.37. The van der Waals surface area contributed by atoms with Gasteiger partial charge >= 0.3 is 0 Å². The lowest BCUT2D eigenvalue weighted by molar-refractivity contribution is 0.183.